The molecule has 1 fully saturated rings. The van der Waals surface area contributed by atoms with Crippen LogP contribution in [0.25, 0.3) is 0 Å². The first-order valence-corrected chi connectivity index (χ1v) is 5.69. The van der Waals surface area contributed by atoms with Crippen LogP contribution in [-0.2, 0) is 0 Å². The summed E-state index contributed by atoms with van der Waals surface area (Å²) in [6, 6.07) is 2.49. The van der Waals surface area contributed by atoms with Crippen LogP contribution >= 0.6 is 0 Å². The van der Waals surface area contributed by atoms with Crippen molar-refractivity contribution in [3.05, 3.63) is 18.1 Å². The quantitative estimate of drug-likeness (QED) is 0.720. The highest BCUT2D eigenvalue weighted by atomic mass is 15.2. The summed E-state index contributed by atoms with van der Waals surface area (Å²) in [6.45, 7) is 5.54. The Kier molecular flexibility index (Phi) is 3.04. The van der Waals surface area contributed by atoms with E-state index in [0.29, 0.717) is 11.7 Å². The van der Waals surface area contributed by atoms with Gasteiger partial charge in [-0.15, -0.1) is 0 Å². The molecule has 1 saturated heterocycles. The molecule has 1 aromatic rings. The maximum Gasteiger partial charge on any atom is 0.158 e. The third-order valence-electron chi connectivity index (χ3n) is 3.19. The zero-order chi connectivity index (χ0) is 11.5. The molecule has 1 aliphatic heterocycles. The number of piperidine rings is 1. The van der Waals surface area contributed by atoms with Crippen molar-refractivity contribution in [3.63, 3.8) is 0 Å². The Bertz CT molecular complexity index is 392. The van der Waals surface area contributed by atoms with Gasteiger partial charge in [-0.1, -0.05) is 6.92 Å². The number of rotatable bonds is 1. The van der Waals surface area contributed by atoms with Crippen molar-refractivity contribution < 1.29 is 0 Å². The normalized spacial score (nSPS) is 25.2. The number of aromatic nitrogens is 2. The third-order valence-corrected chi connectivity index (χ3v) is 3.19. The zero-order valence-corrected chi connectivity index (χ0v) is 9.72. The second-order valence-corrected chi connectivity index (χ2v) is 4.54. The maximum absolute atomic E-state index is 8.66. The average Bonchev–Trinajstić information content (AvgIpc) is 2.29. The lowest BCUT2D eigenvalue weighted by Crippen LogP contribution is -2.40. The van der Waals surface area contributed by atoms with Crippen molar-refractivity contribution in [2.24, 2.45) is 5.92 Å². The Labute approximate surface area is 95.9 Å². The van der Waals surface area contributed by atoms with Gasteiger partial charge in [0.05, 0.1) is 12.4 Å². The molecule has 2 unspecified atom stereocenters. The van der Waals surface area contributed by atoms with Crippen molar-refractivity contribution in [1.29, 1.82) is 5.26 Å². The van der Waals surface area contributed by atoms with Crippen LogP contribution in [0.1, 0.15) is 32.4 Å². The summed E-state index contributed by atoms with van der Waals surface area (Å²) < 4.78 is 0. The van der Waals surface area contributed by atoms with Crippen LogP contribution in [0.2, 0.25) is 0 Å². The van der Waals surface area contributed by atoms with Crippen molar-refractivity contribution in [3.8, 4) is 6.07 Å². The van der Waals surface area contributed by atoms with Crippen LogP contribution in [0.5, 0.6) is 0 Å². The van der Waals surface area contributed by atoms with Gasteiger partial charge in [0.2, 0.25) is 0 Å². The number of hydrogen-bond donors (Lipinski definition) is 0. The molecular formula is C12H16N4. The largest absolute Gasteiger partial charge is 0.353 e. The smallest absolute Gasteiger partial charge is 0.158 e. The Hall–Kier alpha value is -1.63. The Morgan fingerprint density at radius 1 is 1.38 bits per heavy atom. The molecule has 84 valence electrons. The van der Waals surface area contributed by atoms with E-state index in [9.17, 15) is 0 Å². The first kappa shape index (κ1) is 10.9. The lowest BCUT2D eigenvalue weighted by molar-refractivity contribution is 0.376. The molecule has 2 atom stereocenters. The summed E-state index contributed by atoms with van der Waals surface area (Å²) in [6.07, 6.45) is 5.64. The molecule has 0 aromatic carbocycles. The van der Waals surface area contributed by atoms with Gasteiger partial charge in [0.15, 0.2) is 5.69 Å². The van der Waals surface area contributed by atoms with Gasteiger partial charge < -0.3 is 4.90 Å². The molecule has 2 heterocycles. The summed E-state index contributed by atoms with van der Waals surface area (Å²) in [5.74, 6) is 1.68. The topological polar surface area (TPSA) is 52.8 Å². The molecule has 0 amide bonds. The van der Waals surface area contributed by atoms with E-state index in [-0.39, 0.29) is 0 Å². The van der Waals surface area contributed by atoms with Crippen molar-refractivity contribution >= 4 is 5.82 Å². The Balaban J connectivity index is 2.14. The standard InChI is InChI=1S/C12H16N4/c1-9-3-4-16(10(2)5-9)12-8-14-11(6-13)7-15-12/h7-10H,3-5H2,1-2H3. The molecule has 1 aromatic heterocycles. The molecule has 0 N–H and O–H groups in total. The van der Waals surface area contributed by atoms with Crippen molar-refractivity contribution in [2.45, 2.75) is 32.7 Å². The van der Waals surface area contributed by atoms with Gasteiger partial charge in [0.25, 0.3) is 0 Å². The molecule has 0 saturated carbocycles. The summed E-state index contributed by atoms with van der Waals surface area (Å²) in [5.41, 5.74) is 0.377. The van der Waals surface area contributed by atoms with Crippen LogP contribution < -0.4 is 4.90 Å². The van der Waals surface area contributed by atoms with Gasteiger partial charge in [-0.3, -0.25) is 0 Å². The fourth-order valence-electron chi connectivity index (χ4n) is 2.27. The molecule has 0 bridgehead atoms. The highest BCUT2D eigenvalue weighted by Crippen LogP contribution is 2.25. The molecule has 4 nitrogen and oxygen atoms in total. The van der Waals surface area contributed by atoms with Crippen molar-refractivity contribution in [1.82, 2.24) is 9.97 Å². The lowest BCUT2D eigenvalue weighted by Gasteiger charge is -2.37. The van der Waals surface area contributed by atoms with E-state index in [2.05, 4.69) is 28.7 Å². The summed E-state index contributed by atoms with van der Waals surface area (Å²) in [4.78, 5) is 10.6. The van der Waals surface area contributed by atoms with Gasteiger partial charge in [-0.25, -0.2) is 9.97 Å². The van der Waals surface area contributed by atoms with Gasteiger partial charge in [0, 0.05) is 12.6 Å². The summed E-state index contributed by atoms with van der Waals surface area (Å²) in [5, 5.41) is 8.66. The van der Waals surface area contributed by atoms with E-state index < -0.39 is 0 Å². The number of nitriles is 1. The lowest BCUT2D eigenvalue weighted by atomic mass is 9.93. The van der Waals surface area contributed by atoms with Gasteiger partial charge in [-0.05, 0) is 25.7 Å². The molecule has 0 aliphatic carbocycles. The van der Waals surface area contributed by atoms with Gasteiger partial charge in [-0.2, -0.15) is 5.26 Å². The second-order valence-electron chi connectivity index (χ2n) is 4.54. The minimum Gasteiger partial charge on any atom is -0.353 e. The third kappa shape index (κ3) is 2.13. The average molecular weight is 216 g/mol. The predicted molar refractivity (Wildman–Crippen MR) is 62.0 cm³/mol. The minimum absolute atomic E-state index is 0.377. The Morgan fingerprint density at radius 2 is 2.19 bits per heavy atom. The van der Waals surface area contributed by atoms with Crippen molar-refractivity contribution in [2.75, 3.05) is 11.4 Å². The van der Waals surface area contributed by atoms with Crippen LogP contribution in [0.3, 0.4) is 0 Å². The van der Waals surface area contributed by atoms with Crippen LogP contribution in [0, 0.1) is 17.2 Å². The highest BCUT2D eigenvalue weighted by molar-refractivity contribution is 5.39. The Morgan fingerprint density at radius 3 is 2.75 bits per heavy atom. The number of hydrogen-bond acceptors (Lipinski definition) is 4. The van der Waals surface area contributed by atoms with Crippen LogP contribution in [0.4, 0.5) is 5.82 Å². The highest BCUT2D eigenvalue weighted by Gasteiger charge is 2.23. The van der Waals surface area contributed by atoms with Gasteiger partial charge in [0.1, 0.15) is 11.9 Å². The molecule has 1 aliphatic rings. The zero-order valence-electron chi connectivity index (χ0n) is 9.72. The number of nitrogens with zero attached hydrogens (tertiary/aromatic N) is 4. The molecule has 0 spiro atoms. The predicted octanol–water partition coefficient (Wildman–Crippen LogP) is 1.97. The molecule has 0 radical (unpaired) electrons. The van der Waals surface area contributed by atoms with E-state index >= 15 is 0 Å². The summed E-state index contributed by atoms with van der Waals surface area (Å²) in [7, 11) is 0. The van der Waals surface area contributed by atoms with Crippen LogP contribution in [0.15, 0.2) is 12.4 Å². The van der Waals surface area contributed by atoms with E-state index in [1.807, 2.05) is 6.07 Å². The second kappa shape index (κ2) is 4.48. The molecule has 16 heavy (non-hydrogen) atoms. The van der Waals surface area contributed by atoms with Crippen LogP contribution in [-0.4, -0.2) is 22.6 Å². The molecular weight excluding hydrogens is 200 g/mol. The van der Waals surface area contributed by atoms with Gasteiger partial charge >= 0.3 is 0 Å². The fraction of sp³-hybridized carbons (Fsp3) is 0.583. The minimum atomic E-state index is 0.377. The maximum atomic E-state index is 8.66. The molecule has 2 rings (SSSR count). The fourth-order valence-corrected chi connectivity index (χ4v) is 2.27. The SMILES string of the molecule is CC1CCN(c2cnc(C#N)cn2)C(C)C1. The number of anilines is 1. The summed E-state index contributed by atoms with van der Waals surface area (Å²) >= 11 is 0. The van der Waals surface area contributed by atoms with E-state index in [1.165, 1.54) is 12.8 Å². The van der Waals surface area contributed by atoms with E-state index in [0.717, 1.165) is 18.3 Å². The van der Waals surface area contributed by atoms with E-state index in [1.54, 1.807) is 12.4 Å². The molecule has 4 heteroatoms. The first-order chi connectivity index (χ1) is 7.70. The van der Waals surface area contributed by atoms with E-state index in [4.69, 9.17) is 5.26 Å². The monoisotopic (exact) mass is 216 g/mol. The first-order valence-electron chi connectivity index (χ1n) is 5.69.